The molecule has 24 heavy (non-hydrogen) atoms. The van der Waals surface area contributed by atoms with Crippen LogP contribution in [0.15, 0.2) is 55.2 Å². The minimum Gasteiger partial charge on any atom is -0.349 e. The number of nitrogens with zero attached hydrogens (tertiary/aromatic N) is 4. The molecule has 3 heterocycles. The van der Waals surface area contributed by atoms with Gasteiger partial charge in [0.05, 0.1) is 6.33 Å². The molecule has 0 bridgehead atoms. The van der Waals surface area contributed by atoms with Gasteiger partial charge in [-0.05, 0) is 30.2 Å². The number of aryl methyl sites for hydroxylation is 1. The summed E-state index contributed by atoms with van der Waals surface area (Å²) < 4.78 is 4.01. The predicted molar refractivity (Wildman–Crippen MR) is 89.6 cm³/mol. The molecule has 0 saturated carbocycles. The normalized spacial score (nSPS) is 16.6. The Morgan fingerprint density at radius 3 is 2.88 bits per heavy atom. The zero-order valence-corrected chi connectivity index (χ0v) is 13.3. The second kappa shape index (κ2) is 6.31. The summed E-state index contributed by atoms with van der Waals surface area (Å²) in [6.07, 6.45) is 9.04. The molecule has 1 unspecified atom stereocenters. The van der Waals surface area contributed by atoms with E-state index in [0.717, 1.165) is 31.5 Å². The summed E-state index contributed by atoms with van der Waals surface area (Å²) in [6.45, 7) is 1.62. The number of benzene rings is 1. The van der Waals surface area contributed by atoms with Crippen LogP contribution in [0.1, 0.15) is 28.0 Å². The topological polar surface area (TPSA) is 64.7 Å². The highest BCUT2D eigenvalue weighted by Gasteiger charge is 2.20. The quantitative estimate of drug-likeness (QED) is 0.798. The molecule has 0 fully saturated rings. The van der Waals surface area contributed by atoms with Crippen molar-refractivity contribution in [3.63, 3.8) is 0 Å². The van der Waals surface area contributed by atoms with Gasteiger partial charge in [-0.25, -0.2) is 4.98 Å². The number of nitrogens with one attached hydrogen (secondary N) is 1. The summed E-state index contributed by atoms with van der Waals surface area (Å²) in [5, 5.41) is 7.40. The number of rotatable bonds is 4. The summed E-state index contributed by atoms with van der Waals surface area (Å²) in [7, 11) is 0. The fourth-order valence-corrected chi connectivity index (χ4v) is 3.11. The van der Waals surface area contributed by atoms with Crippen LogP contribution in [-0.2, 0) is 19.5 Å². The van der Waals surface area contributed by atoms with E-state index in [1.165, 1.54) is 5.69 Å². The Bertz CT molecular complexity index is 819. The van der Waals surface area contributed by atoms with Crippen molar-refractivity contribution in [2.75, 3.05) is 0 Å². The van der Waals surface area contributed by atoms with Gasteiger partial charge in [0, 0.05) is 55.4 Å². The van der Waals surface area contributed by atoms with Crippen molar-refractivity contribution in [1.82, 2.24) is 24.6 Å². The third-order valence-corrected chi connectivity index (χ3v) is 4.43. The minimum absolute atomic E-state index is 0.0119. The van der Waals surface area contributed by atoms with Gasteiger partial charge in [0.2, 0.25) is 0 Å². The molecule has 0 spiro atoms. The van der Waals surface area contributed by atoms with Gasteiger partial charge in [0.1, 0.15) is 0 Å². The van der Waals surface area contributed by atoms with Gasteiger partial charge in [0.25, 0.3) is 5.91 Å². The number of carbonyl (C=O) groups is 1. The smallest absolute Gasteiger partial charge is 0.251 e. The van der Waals surface area contributed by atoms with E-state index in [1.807, 2.05) is 52.0 Å². The molecule has 3 aromatic rings. The fraction of sp³-hybridized carbons (Fsp3) is 0.278. The maximum Gasteiger partial charge on any atom is 0.251 e. The Labute approximate surface area is 140 Å². The van der Waals surface area contributed by atoms with Crippen LogP contribution in [0.25, 0.3) is 0 Å². The second-order valence-electron chi connectivity index (χ2n) is 6.14. The maximum atomic E-state index is 12.4. The van der Waals surface area contributed by atoms with E-state index in [0.29, 0.717) is 5.56 Å². The first-order chi connectivity index (χ1) is 11.8. The average molecular weight is 321 g/mol. The van der Waals surface area contributed by atoms with Crippen molar-refractivity contribution in [3.05, 3.63) is 72.1 Å². The van der Waals surface area contributed by atoms with Gasteiger partial charge in [-0.2, -0.15) is 5.10 Å². The summed E-state index contributed by atoms with van der Waals surface area (Å²) >= 11 is 0. The number of imidazole rings is 1. The lowest BCUT2D eigenvalue weighted by Crippen LogP contribution is -2.40. The van der Waals surface area contributed by atoms with E-state index in [9.17, 15) is 4.79 Å². The molecule has 122 valence electrons. The molecular formula is C18H19N5O. The van der Waals surface area contributed by atoms with E-state index in [2.05, 4.69) is 15.4 Å². The number of fused-ring (bicyclic) bond motifs is 1. The molecule has 6 nitrogen and oxygen atoms in total. The van der Waals surface area contributed by atoms with E-state index >= 15 is 0 Å². The van der Waals surface area contributed by atoms with Crippen LogP contribution in [0.4, 0.5) is 0 Å². The van der Waals surface area contributed by atoms with Crippen LogP contribution in [0.3, 0.4) is 0 Å². The SMILES string of the molecule is O=C(NC1CCn2nccc2C1)c1ccc(Cn2ccnc2)cc1. The van der Waals surface area contributed by atoms with E-state index in [-0.39, 0.29) is 11.9 Å². The largest absolute Gasteiger partial charge is 0.349 e. The van der Waals surface area contributed by atoms with Gasteiger partial charge >= 0.3 is 0 Å². The molecular weight excluding hydrogens is 302 g/mol. The monoisotopic (exact) mass is 321 g/mol. The molecule has 6 heteroatoms. The zero-order chi connectivity index (χ0) is 16.4. The van der Waals surface area contributed by atoms with Crippen molar-refractivity contribution in [2.24, 2.45) is 0 Å². The van der Waals surface area contributed by atoms with Crippen LogP contribution in [0.5, 0.6) is 0 Å². The molecule has 1 atom stereocenters. The van der Waals surface area contributed by atoms with Gasteiger partial charge in [-0.3, -0.25) is 9.48 Å². The van der Waals surface area contributed by atoms with Gasteiger partial charge in [0.15, 0.2) is 0 Å². The van der Waals surface area contributed by atoms with Crippen molar-refractivity contribution in [3.8, 4) is 0 Å². The first kappa shape index (κ1) is 14.7. The predicted octanol–water partition coefficient (Wildman–Crippen LogP) is 1.87. The number of amides is 1. The molecule has 1 aromatic carbocycles. The second-order valence-corrected chi connectivity index (χ2v) is 6.14. The average Bonchev–Trinajstić information content (AvgIpc) is 3.26. The summed E-state index contributed by atoms with van der Waals surface area (Å²) in [5.41, 5.74) is 3.02. The first-order valence-corrected chi connectivity index (χ1v) is 8.14. The zero-order valence-electron chi connectivity index (χ0n) is 13.3. The highest BCUT2D eigenvalue weighted by Crippen LogP contribution is 2.14. The number of hydrogen-bond donors (Lipinski definition) is 1. The highest BCUT2D eigenvalue weighted by molar-refractivity contribution is 5.94. The van der Waals surface area contributed by atoms with Crippen molar-refractivity contribution < 1.29 is 4.79 Å². The summed E-state index contributed by atoms with van der Waals surface area (Å²) in [4.78, 5) is 16.5. The third-order valence-electron chi connectivity index (χ3n) is 4.43. The van der Waals surface area contributed by atoms with Crippen LogP contribution < -0.4 is 5.32 Å². The maximum absolute atomic E-state index is 12.4. The van der Waals surface area contributed by atoms with Gasteiger partial charge in [-0.1, -0.05) is 12.1 Å². The fourth-order valence-electron chi connectivity index (χ4n) is 3.11. The highest BCUT2D eigenvalue weighted by atomic mass is 16.1. The summed E-state index contributed by atoms with van der Waals surface area (Å²) in [6, 6.07) is 9.94. The van der Waals surface area contributed by atoms with Gasteiger partial charge in [-0.15, -0.1) is 0 Å². The Balaban J connectivity index is 1.38. The molecule has 1 amide bonds. The minimum atomic E-state index is -0.0119. The number of carbonyl (C=O) groups excluding carboxylic acids is 1. The molecule has 4 rings (SSSR count). The molecule has 0 aliphatic carbocycles. The van der Waals surface area contributed by atoms with Crippen LogP contribution >= 0.6 is 0 Å². The van der Waals surface area contributed by atoms with Crippen molar-refractivity contribution >= 4 is 5.91 Å². The number of aromatic nitrogens is 4. The molecule has 1 aliphatic heterocycles. The summed E-state index contributed by atoms with van der Waals surface area (Å²) in [5.74, 6) is -0.0119. The van der Waals surface area contributed by atoms with Crippen LogP contribution in [0.2, 0.25) is 0 Å². The lowest BCUT2D eigenvalue weighted by atomic mass is 10.0. The lowest BCUT2D eigenvalue weighted by Gasteiger charge is -2.24. The van der Waals surface area contributed by atoms with Crippen molar-refractivity contribution in [1.29, 1.82) is 0 Å². The molecule has 2 aromatic heterocycles. The Hall–Kier alpha value is -2.89. The lowest BCUT2D eigenvalue weighted by molar-refractivity contribution is 0.0930. The Morgan fingerprint density at radius 1 is 1.21 bits per heavy atom. The van der Waals surface area contributed by atoms with E-state index in [4.69, 9.17) is 0 Å². The van der Waals surface area contributed by atoms with Crippen LogP contribution in [0, 0.1) is 0 Å². The first-order valence-electron chi connectivity index (χ1n) is 8.14. The standard InChI is InChI=1S/C18H19N5O/c24-18(21-16-6-9-23-17(11-16)5-7-20-23)15-3-1-14(2-4-15)12-22-10-8-19-13-22/h1-5,7-8,10,13,16H,6,9,11-12H2,(H,21,24). The Kier molecular flexibility index (Phi) is 3.86. The van der Waals surface area contributed by atoms with Gasteiger partial charge < -0.3 is 9.88 Å². The van der Waals surface area contributed by atoms with Crippen LogP contribution in [-0.4, -0.2) is 31.3 Å². The molecule has 1 N–H and O–H groups in total. The molecule has 0 radical (unpaired) electrons. The van der Waals surface area contributed by atoms with E-state index in [1.54, 1.807) is 12.5 Å². The third kappa shape index (κ3) is 3.08. The van der Waals surface area contributed by atoms with E-state index < -0.39 is 0 Å². The molecule has 0 saturated heterocycles. The molecule has 1 aliphatic rings. The number of hydrogen-bond acceptors (Lipinski definition) is 3. The Morgan fingerprint density at radius 2 is 2.08 bits per heavy atom. The van der Waals surface area contributed by atoms with Crippen molar-refractivity contribution in [2.45, 2.75) is 32.0 Å².